The van der Waals surface area contributed by atoms with Gasteiger partial charge in [-0.15, -0.1) is 13.2 Å². The Morgan fingerprint density at radius 1 is 1.44 bits per heavy atom. The fourth-order valence-electron chi connectivity index (χ4n) is 1.45. The highest BCUT2D eigenvalue weighted by molar-refractivity contribution is 9.10. The molecule has 0 radical (unpaired) electrons. The molecule has 0 saturated heterocycles. The largest absolute Gasteiger partial charge is 0.573 e. The molecule has 0 aliphatic heterocycles. The van der Waals surface area contributed by atoms with Crippen molar-refractivity contribution in [2.24, 2.45) is 0 Å². The van der Waals surface area contributed by atoms with Gasteiger partial charge in [0.2, 0.25) is 0 Å². The maximum Gasteiger partial charge on any atom is 0.573 e. The van der Waals surface area contributed by atoms with E-state index in [0.29, 0.717) is 12.0 Å². The number of ether oxygens (including phenoxy) is 1. The van der Waals surface area contributed by atoms with E-state index in [9.17, 15) is 18.0 Å². The molecule has 0 heterocycles. The summed E-state index contributed by atoms with van der Waals surface area (Å²) in [7, 11) is 0. The summed E-state index contributed by atoms with van der Waals surface area (Å²) in [5, 5.41) is 0. The van der Waals surface area contributed by atoms with Gasteiger partial charge in [-0.25, -0.2) is 0 Å². The molecule has 1 unspecified atom stereocenters. The Morgan fingerprint density at radius 3 is 2.50 bits per heavy atom. The van der Waals surface area contributed by atoms with Crippen molar-refractivity contribution in [3.8, 4) is 5.75 Å². The first-order valence-electron chi connectivity index (χ1n) is 5.31. The van der Waals surface area contributed by atoms with E-state index in [0.717, 1.165) is 6.07 Å². The van der Waals surface area contributed by atoms with E-state index < -0.39 is 11.2 Å². The van der Waals surface area contributed by atoms with Gasteiger partial charge in [0, 0.05) is 5.56 Å². The van der Waals surface area contributed by atoms with Gasteiger partial charge in [-0.05, 0) is 25.0 Å². The van der Waals surface area contributed by atoms with Gasteiger partial charge in [0.1, 0.15) is 5.75 Å². The molecule has 0 aliphatic rings. The van der Waals surface area contributed by atoms with Gasteiger partial charge in [0.25, 0.3) is 0 Å². The molecule has 0 N–H and O–H groups in total. The van der Waals surface area contributed by atoms with Crippen LogP contribution in [0.15, 0.2) is 18.2 Å². The lowest BCUT2D eigenvalue weighted by atomic mass is 10.0. The molecule has 0 amide bonds. The normalized spacial score (nSPS) is 13.2. The van der Waals surface area contributed by atoms with Crippen LogP contribution in [0.2, 0.25) is 0 Å². The first kappa shape index (κ1) is 15.0. The second-order valence-corrected chi connectivity index (χ2v) is 5.08. The van der Waals surface area contributed by atoms with Crippen molar-refractivity contribution in [1.29, 1.82) is 0 Å². The number of carbonyl (C=O) groups is 1. The van der Waals surface area contributed by atoms with Gasteiger partial charge in [0.05, 0.1) is 4.83 Å². The Morgan fingerprint density at radius 2 is 2.06 bits per heavy atom. The Hall–Kier alpha value is -1.04. The molecule has 0 aliphatic carbocycles. The monoisotopic (exact) mass is 324 g/mol. The second-order valence-electron chi connectivity index (χ2n) is 3.70. The molecule has 0 bridgehead atoms. The molecule has 18 heavy (non-hydrogen) atoms. The minimum absolute atomic E-state index is 0.191. The van der Waals surface area contributed by atoms with E-state index >= 15 is 0 Å². The molecule has 1 aromatic carbocycles. The molecule has 6 heteroatoms. The van der Waals surface area contributed by atoms with Crippen molar-refractivity contribution >= 4 is 21.7 Å². The molecule has 0 saturated carbocycles. The van der Waals surface area contributed by atoms with Gasteiger partial charge in [0.15, 0.2) is 5.78 Å². The van der Waals surface area contributed by atoms with Crippen LogP contribution in [0.25, 0.3) is 0 Å². The zero-order valence-corrected chi connectivity index (χ0v) is 11.4. The number of ketones is 1. The fraction of sp³-hybridized carbons (Fsp3) is 0.417. The lowest BCUT2D eigenvalue weighted by Gasteiger charge is -2.14. The molecule has 2 nitrogen and oxygen atoms in total. The number of hydrogen-bond acceptors (Lipinski definition) is 2. The van der Waals surface area contributed by atoms with Crippen LogP contribution in [0, 0.1) is 0 Å². The van der Waals surface area contributed by atoms with Gasteiger partial charge in [-0.3, -0.25) is 4.79 Å². The van der Waals surface area contributed by atoms with Gasteiger partial charge < -0.3 is 4.74 Å². The number of Topliss-reactive ketones (excluding diaryl/α,β-unsaturated/α-hetero) is 1. The number of halogens is 4. The minimum Gasteiger partial charge on any atom is -0.405 e. The summed E-state index contributed by atoms with van der Waals surface area (Å²) < 4.78 is 40.6. The van der Waals surface area contributed by atoms with Crippen LogP contribution in [0.3, 0.4) is 0 Å². The van der Waals surface area contributed by atoms with Crippen LogP contribution < -0.4 is 4.74 Å². The van der Waals surface area contributed by atoms with Crippen LogP contribution in [-0.2, 0) is 6.42 Å². The van der Waals surface area contributed by atoms with Gasteiger partial charge in [-0.1, -0.05) is 35.0 Å². The summed E-state index contributed by atoms with van der Waals surface area (Å²) in [5.41, 5.74) is 0.599. The van der Waals surface area contributed by atoms with Gasteiger partial charge >= 0.3 is 6.36 Å². The SMILES string of the molecule is CCc1ccc(C(=O)C(C)Br)cc1OC(F)(F)F. The third-order valence-corrected chi connectivity index (χ3v) is 2.74. The molecule has 1 aromatic rings. The molecule has 1 rings (SSSR count). The Labute approximate surface area is 111 Å². The molecule has 0 spiro atoms. The maximum absolute atomic E-state index is 12.2. The summed E-state index contributed by atoms with van der Waals surface area (Å²) in [5.74, 6) is -0.603. The molecule has 0 aromatic heterocycles. The number of aryl methyl sites for hydroxylation is 1. The summed E-state index contributed by atoms with van der Waals surface area (Å²) in [4.78, 5) is 11.2. The van der Waals surface area contributed by atoms with Crippen LogP contribution in [-0.4, -0.2) is 17.0 Å². The Kier molecular flexibility index (Phi) is 4.78. The molecule has 0 fully saturated rings. The Bertz CT molecular complexity index is 441. The topological polar surface area (TPSA) is 26.3 Å². The quantitative estimate of drug-likeness (QED) is 0.615. The highest BCUT2D eigenvalue weighted by atomic mass is 79.9. The predicted molar refractivity (Wildman–Crippen MR) is 65.2 cm³/mol. The highest BCUT2D eigenvalue weighted by Crippen LogP contribution is 2.28. The molecule has 100 valence electrons. The number of benzene rings is 1. The Balaban J connectivity index is 3.13. The average molecular weight is 325 g/mol. The van der Waals surface area contributed by atoms with Crippen molar-refractivity contribution in [2.45, 2.75) is 31.5 Å². The first-order chi connectivity index (χ1) is 8.24. The average Bonchev–Trinajstić information content (AvgIpc) is 2.25. The van der Waals surface area contributed by atoms with E-state index in [4.69, 9.17) is 0 Å². The lowest BCUT2D eigenvalue weighted by Crippen LogP contribution is -2.19. The summed E-state index contributed by atoms with van der Waals surface area (Å²) in [6.45, 7) is 3.33. The van der Waals surface area contributed by atoms with E-state index in [2.05, 4.69) is 20.7 Å². The summed E-state index contributed by atoms with van der Waals surface area (Å²) in [6, 6.07) is 4.11. The van der Waals surface area contributed by atoms with Crippen LogP contribution in [0.5, 0.6) is 5.75 Å². The number of hydrogen-bond donors (Lipinski definition) is 0. The van der Waals surface area contributed by atoms with Crippen LogP contribution in [0.4, 0.5) is 13.2 Å². The molecular weight excluding hydrogens is 313 g/mol. The number of alkyl halides is 4. The fourth-order valence-corrected chi connectivity index (χ4v) is 1.71. The number of rotatable bonds is 4. The summed E-state index contributed by atoms with van der Waals surface area (Å²) in [6.07, 6.45) is -4.37. The zero-order chi connectivity index (χ0) is 13.9. The highest BCUT2D eigenvalue weighted by Gasteiger charge is 2.32. The molecule has 1 atom stereocenters. The van der Waals surface area contributed by atoms with Crippen molar-refractivity contribution in [2.75, 3.05) is 0 Å². The third kappa shape index (κ3) is 4.01. The van der Waals surface area contributed by atoms with Crippen molar-refractivity contribution < 1.29 is 22.7 Å². The second kappa shape index (κ2) is 5.73. The standard InChI is InChI=1S/C12H12BrF3O2/c1-3-8-4-5-9(11(17)7(2)13)6-10(8)18-12(14,15)16/h4-7H,3H2,1-2H3. The van der Waals surface area contributed by atoms with Crippen LogP contribution >= 0.6 is 15.9 Å². The predicted octanol–water partition coefficient (Wildman–Crippen LogP) is 4.11. The van der Waals surface area contributed by atoms with Crippen LogP contribution in [0.1, 0.15) is 29.8 Å². The molecular formula is C12H12BrF3O2. The third-order valence-electron chi connectivity index (χ3n) is 2.32. The van der Waals surface area contributed by atoms with E-state index in [-0.39, 0.29) is 17.1 Å². The van der Waals surface area contributed by atoms with E-state index in [1.807, 2.05) is 0 Å². The minimum atomic E-state index is -4.76. The zero-order valence-electron chi connectivity index (χ0n) is 9.84. The van der Waals surface area contributed by atoms with Crippen molar-refractivity contribution in [1.82, 2.24) is 0 Å². The lowest BCUT2D eigenvalue weighted by molar-refractivity contribution is -0.274. The van der Waals surface area contributed by atoms with E-state index in [1.54, 1.807) is 13.8 Å². The number of carbonyl (C=O) groups excluding carboxylic acids is 1. The maximum atomic E-state index is 12.2. The smallest absolute Gasteiger partial charge is 0.405 e. The van der Waals surface area contributed by atoms with Gasteiger partial charge in [-0.2, -0.15) is 0 Å². The van der Waals surface area contributed by atoms with Crippen molar-refractivity contribution in [3.63, 3.8) is 0 Å². The first-order valence-corrected chi connectivity index (χ1v) is 6.23. The summed E-state index contributed by atoms with van der Waals surface area (Å²) >= 11 is 3.09. The van der Waals surface area contributed by atoms with E-state index in [1.165, 1.54) is 12.1 Å². The van der Waals surface area contributed by atoms with Crippen molar-refractivity contribution in [3.05, 3.63) is 29.3 Å².